The molecule has 2 bridgehead atoms. The molecular weight excluding hydrogens is 299 g/mol. The van der Waals surface area contributed by atoms with Crippen LogP contribution in [0.3, 0.4) is 0 Å². The third-order valence-electron chi connectivity index (χ3n) is 4.06. The molecule has 1 aromatic rings. The molecule has 0 aromatic carbocycles. The number of hydrogen-bond acceptors (Lipinski definition) is 2. The van der Waals surface area contributed by atoms with E-state index in [1.54, 1.807) is 0 Å². The van der Waals surface area contributed by atoms with E-state index in [9.17, 15) is 0 Å². The van der Waals surface area contributed by atoms with Crippen molar-refractivity contribution in [1.82, 2.24) is 9.88 Å². The Kier molecular flexibility index (Phi) is 2.47. The molecule has 1 aromatic heterocycles. The van der Waals surface area contributed by atoms with Crippen LogP contribution in [0.5, 0.6) is 0 Å². The number of hydrogen-bond donors (Lipinski definition) is 0. The van der Waals surface area contributed by atoms with Crippen LogP contribution in [-0.4, -0.2) is 29.0 Å². The molecule has 2 saturated heterocycles. The summed E-state index contributed by atoms with van der Waals surface area (Å²) in [7, 11) is 2.28. The molecule has 0 radical (unpaired) electrons. The van der Waals surface area contributed by atoms with Crippen LogP contribution in [0.15, 0.2) is 18.3 Å². The molecule has 3 heteroatoms. The second-order valence-electron chi connectivity index (χ2n) is 4.72. The van der Waals surface area contributed by atoms with E-state index < -0.39 is 0 Å². The second-order valence-corrected chi connectivity index (χ2v) is 5.83. The van der Waals surface area contributed by atoms with Gasteiger partial charge in [-0.3, -0.25) is 9.88 Å². The summed E-state index contributed by atoms with van der Waals surface area (Å²) >= 11 is 2.27. The predicted octanol–water partition coefficient (Wildman–Crippen LogP) is 2.64. The summed E-state index contributed by atoms with van der Waals surface area (Å²) in [6, 6.07) is 5.99. The van der Waals surface area contributed by atoms with Gasteiger partial charge in [-0.1, -0.05) is 6.07 Å². The van der Waals surface area contributed by atoms with Gasteiger partial charge in [-0.15, -0.1) is 0 Å². The fourth-order valence-electron chi connectivity index (χ4n) is 3.23. The minimum atomic E-state index is 0.734. The lowest BCUT2D eigenvalue weighted by Crippen LogP contribution is -2.25. The third kappa shape index (κ3) is 1.60. The molecule has 3 heterocycles. The molecule has 80 valence electrons. The zero-order chi connectivity index (χ0) is 10.4. The van der Waals surface area contributed by atoms with E-state index in [0.29, 0.717) is 0 Å². The fraction of sp³-hybridized carbons (Fsp3) is 0.583. The molecule has 2 nitrogen and oxygen atoms in total. The van der Waals surface area contributed by atoms with E-state index in [2.05, 4.69) is 57.9 Å². The van der Waals surface area contributed by atoms with Crippen molar-refractivity contribution in [2.45, 2.75) is 37.3 Å². The number of aromatic nitrogens is 1. The predicted molar refractivity (Wildman–Crippen MR) is 68.9 cm³/mol. The summed E-state index contributed by atoms with van der Waals surface area (Å²) in [6.45, 7) is 0. The van der Waals surface area contributed by atoms with Crippen molar-refractivity contribution < 1.29 is 0 Å². The molecule has 2 aliphatic rings. The Morgan fingerprint density at radius 3 is 2.80 bits per heavy atom. The molecule has 0 aliphatic carbocycles. The van der Waals surface area contributed by atoms with Gasteiger partial charge >= 0.3 is 0 Å². The number of rotatable bonds is 1. The van der Waals surface area contributed by atoms with Gasteiger partial charge in [0.25, 0.3) is 0 Å². The van der Waals surface area contributed by atoms with Gasteiger partial charge in [0.05, 0.1) is 0 Å². The molecule has 3 atom stereocenters. The van der Waals surface area contributed by atoms with E-state index >= 15 is 0 Å². The molecule has 0 unspecified atom stereocenters. The molecule has 15 heavy (non-hydrogen) atoms. The smallest absolute Gasteiger partial charge is 0.101 e. The van der Waals surface area contributed by atoms with Gasteiger partial charge in [0.2, 0.25) is 0 Å². The summed E-state index contributed by atoms with van der Waals surface area (Å²) in [6.07, 6.45) is 6.18. The van der Waals surface area contributed by atoms with E-state index in [0.717, 1.165) is 21.7 Å². The first-order valence-electron chi connectivity index (χ1n) is 5.59. The van der Waals surface area contributed by atoms with Crippen LogP contribution in [0.4, 0.5) is 0 Å². The Balaban J connectivity index is 1.87. The average molecular weight is 314 g/mol. The highest BCUT2D eigenvalue weighted by atomic mass is 127. The average Bonchev–Trinajstić information content (AvgIpc) is 2.75. The van der Waals surface area contributed by atoms with Crippen molar-refractivity contribution in [3.05, 3.63) is 27.6 Å². The Bertz CT molecular complexity index is 362. The first-order valence-corrected chi connectivity index (χ1v) is 6.67. The maximum Gasteiger partial charge on any atom is 0.101 e. The van der Waals surface area contributed by atoms with E-state index in [4.69, 9.17) is 0 Å². The van der Waals surface area contributed by atoms with Crippen LogP contribution in [0.1, 0.15) is 30.7 Å². The first kappa shape index (κ1) is 10.0. The zero-order valence-electron chi connectivity index (χ0n) is 8.86. The Morgan fingerprint density at radius 1 is 1.40 bits per heavy atom. The summed E-state index contributed by atoms with van der Waals surface area (Å²) < 4.78 is 1.09. The maximum absolute atomic E-state index is 4.40. The van der Waals surface area contributed by atoms with Crippen molar-refractivity contribution >= 4 is 22.6 Å². The van der Waals surface area contributed by atoms with Crippen LogP contribution in [0.2, 0.25) is 0 Å². The summed E-state index contributed by atoms with van der Waals surface area (Å²) in [4.78, 5) is 6.97. The highest BCUT2D eigenvalue weighted by Gasteiger charge is 2.44. The zero-order valence-corrected chi connectivity index (χ0v) is 11.0. The van der Waals surface area contributed by atoms with Gasteiger partial charge in [0.15, 0.2) is 0 Å². The number of nitrogens with zero attached hydrogens (tertiary/aromatic N) is 2. The lowest BCUT2D eigenvalue weighted by atomic mass is 9.85. The van der Waals surface area contributed by atoms with E-state index in [1.807, 2.05) is 0 Å². The van der Waals surface area contributed by atoms with E-state index in [-0.39, 0.29) is 0 Å². The maximum atomic E-state index is 4.40. The minimum absolute atomic E-state index is 0.734. The summed E-state index contributed by atoms with van der Waals surface area (Å²) in [5.74, 6) is 0.734. The molecule has 2 aliphatic heterocycles. The molecule has 0 spiro atoms. The number of fused-ring (bicyclic) bond motifs is 2. The SMILES string of the molecule is CN1[C@H]2CC[C@@H]1[C@@H](c1ccc(I)nc1)C2. The third-order valence-corrected chi connectivity index (χ3v) is 4.70. The topological polar surface area (TPSA) is 16.1 Å². The summed E-state index contributed by atoms with van der Waals surface area (Å²) in [5, 5.41) is 0. The normalized spacial score (nSPS) is 34.9. The lowest BCUT2D eigenvalue weighted by molar-refractivity contribution is 0.307. The van der Waals surface area contributed by atoms with Crippen LogP contribution in [0, 0.1) is 3.70 Å². The molecular formula is C12H15IN2. The van der Waals surface area contributed by atoms with Crippen molar-refractivity contribution in [2.75, 3.05) is 7.05 Å². The van der Waals surface area contributed by atoms with Crippen LogP contribution >= 0.6 is 22.6 Å². The Hall–Kier alpha value is -0.160. The summed E-state index contributed by atoms with van der Waals surface area (Å²) in [5.41, 5.74) is 1.44. The molecule has 0 N–H and O–H groups in total. The highest BCUT2D eigenvalue weighted by Crippen LogP contribution is 2.45. The molecule has 2 fully saturated rings. The lowest BCUT2D eigenvalue weighted by Gasteiger charge is -2.21. The molecule has 0 amide bonds. The highest BCUT2D eigenvalue weighted by molar-refractivity contribution is 14.1. The minimum Gasteiger partial charge on any atom is -0.300 e. The standard InChI is InChI=1S/C12H15IN2/c1-15-9-3-4-11(15)10(6-9)8-2-5-12(13)14-7-8/h2,5,7,9-11H,3-4,6H2,1H3/t9-,10+,11+/m0/s1. The number of pyridine rings is 1. The van der Waals surface area contributed by atoms with Crippen LogP contribution < -0.4 is 0 Å². The fourth-order valence-corrected chi connectivity index (χ4v) is 3.54. The van der Waals surface area contributed by atoms with Crippen LogP contribution in [-0.2, 0) is 0 Å². The van der Waals surface area contributed by atoms with Gasteiger partial charge in [0, 0.05) is 24.2 Å². The van der Waals surface area contributed by atoms with Gasteiger partial charge < -0.3 is 0 Å². The van der Waals surface area contributed by atoms with Crippen molar-refractivity contribution in [3.8, 4) is 0 Å². The molecule has 3 rings (SSSR count). The van der Waals surface area contributed by atoms with Gasteiger partial charge in [-0.05, 0) is 60.5 Å². The van der Waals surface area contributed by atoms with Crippen LogP contribution in [0.25, 0.3) is 0 Å². The van der Waals surface area contributed by atoms with Gasteiger partial charge in [0.1, 0.15) is 3.70 Å². The van der Waals surface area contributed by atoms with Gasteiger partial charge in [-0.2, -0.15) is 0 Å². The quantitative estimate of drug-likeness (QED) is 0.585. The Morgan fingerprint density at radius 2 is 2.27 bits per heavy atom. The second kappa shape index (κ2) is 3.70. The first-order chi connectivity index (χ1) is 7.25. The number of likely N-dealkylation sites (N-methyl/N-ethyl adjacent to an activating group) is 1. The monoisotopic (exact) mass is 314 g/mol. The van der Waals surface area contributed by atoms with Crippen molar-refractivity contribution in [1.29, 1.82) is 0 Å². The number of halogens is 1. The Labute approximate surface area is 104 Å². The van der Waals surface area contributed by atoms with Crippen molar-refractivity contribution in [2.24, 2.45) is 0 Å². The molecule has 0 saturated carbocycles. The van der Waals surface area contributed by atoms with Crippen molar-refractivity contribution in [3.63, 3.8) is 0 Å². The van der Waals surface area contributed by atoms with E-state index in [1.165, 1.54) is 24.8 Å². The van der Waals surface area contributed by atoms with Gasteiger partial charge in [-0.25, -0.2) is 0 Å². The largest absolute Gasteiger partial charge is 0.300 e.